The summed E-state index contributed by atoms with van der Waals surface area (Å²) < 4.78 is 0. The average Bonchev–Trinajstić information content (AvgIpc) is 2.86. The minimum atomic E-state index is -0.453. The van der Waals surface area contributed by atoms with E-state index in [-0.39, 0.29) is 23.7 Å². The highest BCUT2D eigenvalue weighted by Crippen LogP contribution is 2.40. The Morgan fingerprint density at radius 2 is 1.91 bits per heavy atom. The van der Waals surface area contributed by atoms with Crippen LogP contribution in [0.2, 0.25) is 0 Å². The maximum Gasteiger partial charge on any atom is 0.240 e. The molecule has 1 aliphatic heterocycles. The summed E-state index contributed by atoms with van der Waals surface area (Å²) in [6.07, 6.45) is 9.12. The maximum absolute atomic E-state index is 12.6. The Morgan fingerprint density at radius 1 is 1.27 bits per heavy atom. The van der Waals surface area contributed by atoms with Crippen LogP contribution in [0.15, 0.2) is 0 Å². The third-order valence-electron chi connectivity index (χ3n) is 5.84. The van der Waals surface area contributed by atoms with E-state index in [2.05, 4.69) is 6.92 Å². The van der Waals surface area contributed by atoms with Gasteiger partial charge in [-0.15, -0.1) is 0 Å². The van der Waals surface area contributed by atoms with E-state index < -0.39 is 6.04 Å². The summed E-state index contributed by atoms with van der Waals surface area (Å²) >= 11 is 0. The van der Waals surface area contributed by atoms with E-state index in [1.165, 1.54) is 32.1 Å². The van der Waals surface area contributed by atoms with Crippen molar-refractivity contribution in [2.45, 2.75) is 84.2 Å². The summed E-state index contributed by atoms with van der Waals surface area (Å²) in [5, 5.41) is 0. The third kappa shape index (κ3) is 3.89. The Balaban J connectivity index is 1.90. The second kappa shape index (κ2) is 7.12. The SMILES string of the molecule is CC(=O)[C@@H]1[C@H](C)CCN1C(=O)C(N)CCC1(C)CCCCC1. The van der Waals surface area contributed by atoms with Gasteiger partial charge in [-0.2, -0.15) is 0 Å². The van der Waals surface area contributed by atoms with Gasteiger partial charge in [0.1, 0.15) is 0 Å². The molecule has 1 amide bonds. The van der Waals surface area contributed by atoms with E-state index in [0.29, 0.717) is 12.0 Å². The molecule has 2 rings (SSSR count). The van der Waals surface area contributed by atoms with Crippen molar-refractivity contribution < 1.29 is 9.59 Å². The van der Waals surface area contributed by atoms with E-state index in [4.69, 9.17) is 5.73 Å². The molecule has 1 unspecified atom stereocenters. The molecule has 0 aromatic heterocycles. The van der Waals surface area contributed by atoms with Gasteiger partial charge in [0.25, 0.3) is 0 Å². The van der Waals surface area contributed by atoms with Crippen LogP contribution in [0, 0.1) is 11.3 Å². The van der Waals surface area contributed by atoms with E-state index in [9.17, 15) is 9.59 Å². The first-order valence-electron chi connectivity index (χ1n) is 8.90. The molecule has 22 heavy (non-hydrogen) atoms. The lowest BCUT2D eigenvalue weighted by atomic mass is 9.72. The molecule has 0 bridgehead atoms. The number of ketones is 1. The lowest BCUT2D eigenvalue weighted by Crippen LogP contribution is -2.49. The van der Waals surface area contributed by atoms with Crippen molar-refractivity contribution in [2.75, 3.05) is 6.54 Å². The monoisotopic (exact) mass is 308 g/mol. The van der Waals surface area contributed by atoms with Crippen LogP contribution in [0.5, 0.6) is 0 Å². The zero-order valence-electron chi connectivity index (χ0n) is 14.4. The number of carbonyl (C=O) groups excluding carboxylic acids is 2. The van der Waals surface area contributed by atoms with Gasteiger partial charge in [0.2, 0.25) is 5.91 Å². The van der Waals surface area contributed by atoms with Gasteiger partial charge >= 0.3 is 0 Å². The lowest BCUT2D eigenvalue weighted by molar-refractivity contribution is -0.139. The van der Waals surface area contributed by atoms with Crippen LogP contribution in [0.4, 0.5) is 0 Å². The Bertz CT molecular complexity index is 415. The minimum Gasteiger partial charge on any atom is -0.331 e. The standard InChI is InChI=1S/C18H32N2O2/c1-13-8-12-20(16(13)14(2)21)17(22)15(19)7-11-18(3)9-5-4-6-10-18/h13,15-16H,4-12,19H2,1-3H3/t13-,15?,16+/m1/s1. The topological polar surface area (TPSA) is 63.4 Å². The number of likely N-dealkylation sites (tertiary alicyclic amines) is 1. The molecule has 4 heteroatoms. The smallest absolute Gasteiger partial charge is 0.240 e. The normalized spacial score (nSPS) is 29.4. The zero-order valence-corrected chi connectivity index (χ0v) is 14.4. The molecule has 1 heterocycles. The van der Waals surface area contributed by atoms with Crippen LogP contribution >= 0.6 is 0 Å². The number of rotatable bonds is 5. The number of nitrogens with zero attached hydrogens (tertiary/aromatic N) is 1. The number of Topliss-reactive ketones (excluding diaryl/α,β-unsaturated/α-hetero) is 1. The van der Waals surface area contributed by atoms with Crippen LogP contribution in [-0.4, -0.2) is 35.2 Å². The van der Waals surface area contributed by atoms with E-state index in [1.54, 1.807) is 11.8 Å². The van der Waals surface area contributed by atoms with Crippen LogP contribution in [0.1, 0.15) is 72.1 Å². The molecule has 1 saturated heterocycles. The van der Waals surface area contributed by atoms with Crippen molar-refractivity contribution in [3.63, 3.8) is 0 Å². The summed E-state index contributed by atoms with van der Waals surface area (Å²) in [7, 11) is 0. The number of hydrogen-bond acceptors (Lipinski definition) is 3. The largest absolute Gasteiger partial charge is 0.331 e. The highest BCUT2D eigenvalue weighted by atomic mass is 16.2. The Morgan fingerprint density at radius 3 is 2.50 bits per heavy atom. The lowest BCUT2D eigenvalue weighted by Gasteiger charge is -2.35. The van der Waals surface area contributed by atoms with Crippen molar-refractivity contribution in [1.29, 1.82) is 0 Å². The molecule has 1 aliphatic carbocycles. The molecule has 0 aromatic carbocycles. The summed E-state index contributed by atoms with van der Waals surface area (Å²) in [4.78, 5) is 26.2. The summed E-state index contributed by atoms with van der Waals surface area (Å²) in [6, 6.07) is -0.713. The van der Waals surface area contributed by atoms with Crippen LogP contribution in [0.3, 0.4) is 0 Å². The Labute approximate surface area is 134 Å². The molecule has 2 aliphatic rings. The van der Waals surface area contributed by atoms with Gasteiger partial charge in [0, 0.05) is 6.54 Å². The highest BCUT2D eigenvalue weighted by Gasteiger charge is 2.39. The number of carbonyl (C=O) groups is 2. The van der Waals surface area contributed by atoms with Gasteiger partial charge < -0.3 is 10.6 Å². The first-order chi connectivity index (χ1) is 10.3. The first-order valence-corrected chi connectivity index (χ1v) is 8.90. The summed E-state index contributed by atoms with van der Waals surface area (Å²) in [5.41, 5.74) is 6.53. The van der Waals surface area contributed by atoms with Crippen LogP contribution < -0.4 is 5.73 Å². The second-order valence-electron chi connectivity index (χ2n) is 7.87. The van der Waals surface area contributed by atoms with Gasteiger partial charge in [0.15, 0.2) is 5.78 Å². The van der Waals surface area contributed by atoms with E-state index in [1.807, 2.05) is 6.92 Å². The van der Waals surface area contributed by atoms with Gasteiger partial charge in [-0.3, -0.25) is 9.59 Å². The fourth-order valence-electron chi connectivity index (χ4n) is 4.31. The molecular weight excluding hydrogens is 276 g/mol. The van der Waals surface area contributed by atoms with Gasteiger partial charge in [-0.25, -0.2) is 0 Å². The van der Waals surface area contributed by atoms with Gasteiger partial charge in [0.05, 0.1) is 12.1 Å². The quantitative estimate of drug-likeness (QED) is 0.849. The molecule has 0 radical (unpaired) electrons. The maximum atomic E-state index is 12.6. The second-order valence-corrected chi connectivity index (χ2v) is 7.87. The molecule has 0 spiro atoms. The minimum absolute atomic E-state index is 0.0241. The Hall–Kier alpha value is -0.900. The fourth-order valence-corrected chi connectivity index (χ4v) is 4.31. The predicted molar refractivity (Wildman–Crippen MR) is 88.4 cm³/mol. The van der Waals surface area contributed by atoms with Crippen molar-refractivity contribution in [3.8, 4) is 0 Å². The van der Waals surface area contributed by atoms with Crippen molar-refractivity contribution in [2.24, 2.45) is 17.1 Å². The first kappa shape index (κ1) is 17.5. The van der Waals surface area contributed by atoms with Crippen molar-refractivity contribution >= 4 is 11.7 Å². The molecule has 4 nitrogen and oxygen atoms in total. The molecule has 2 N–H and O–H groups in total. The van der Waals surface area contributed by atoms with Gasteiger partial charge in [-0.1, -0.05) is 33.1 Å². The molecule has 1 saturated carbocycles. The van der Waals surface area contributed by atoms with Crippen molar-refractivity contribution in [3.05, 3.63) is 0 Å². The molecular formula is C18H32N2O2. The fraction of sp³-hybridized carbons (Fsp3) is 0.889. The molecule has 3 atom stereocenters. The number of amides is 1. The Kier molecular flexibility index (Phi) is 5.65. The molecule has 126 valence electrons. The highest BCUT2D eigenvalue weighted by molar-refractivity contribution is 5.90. The van der Waals surface area contributed by atoms with E-state index >= 15 is 0 Å². The van der Waals surface area contributed by atoms with Crippen molar-refractivity contribution in [1.82, 2.24) is 4.90 Å². The third-order valence-corrected chi connectivity index (χ3v) is 5.84. The number of nitrogens with two attached hydrogens (primary N) is 1. The van der Waals surface area contributed by atoms with E-state index in [0.717, 1.165) is 19.3 Å². The molecule has 0 aromatic rings. The zero-order chi connectivity index (χ0) is 16.3. The number of hydrogen-bond donors (Lipinski definition) is 1. The molecule has 2 fully saturated rings. The van der Waals surface area contributed by atoms with Gasteiger partial charge in [-0.05, 0) is 50.4 Å². The average molecular weight is 308 g/mol. The summed E-state index contributed by atoms with van der Waals surface area (Å²) in [6.45, 7) is 6.64. The van der Waals surface area contributed by atoms with Crippen LogP contribution in [-0.2, 0) is 9.59 Å². The summed E-state index contributed by atoms with van der Waals surface area (Å²) in [5.74, 6) is 0.318. The van der Waals surface area contributed by atoms with Crippen LogP contribution in [0.25, 0.3) is 0 Å². The predicted octanol–water partition coefficient (Wildman–Crippen LogP) is 2.89.